The molecule has 1 aromatic heterocycles. The van der Waals surface area contributed by atoms with E-state index in [0.717, 1.165) is 5.56 Å². The standard InChI is InChI=1S/C12H10N2O/c1-8-10(7-13)12(15)11(14-8)9-5-3-2-4-6-9/h2-6,14-15H,1H3. The molecule has 0 aliphatic heterocycles. The Hall–Kier alpha value is -2.21. The molecule has 3 heteroatoms. The highest BCUT2D eigenvalue weighted by molar-refractivity contribution is 5.71. The van der Waals surface area contributed by atoms with Crippen molar-refractivity contribution in [3.05, 3.63) is 41.6 Å². The molecule has 2 rings (SSSR count). The minimum atomic E-state index is 0.0289. The zero-order valence-corrected chi connectivity index (χ0v) is 8.28. The lowest BCUT2D eigenvalue weighted by Crippen LogP contribution is -1.77. The maximum Gasteiger partial charge on any atom is 0.159 e. The van der Waals surface area contributed by atoms with Crippen molar-refractivity contribution in [1.82, 2.24) is 4.98 Å². The van der Waals surface area contributed by atoms with Gasteiger partial charge in [0.05, 0.1) is 5.69 Å². The predicted octanol–water partition coefficient (Wildman–Crippen LogP) is 2.57. The molecule has 2 aromatic rings. The second-order valence-electron chi connectivity index (χ2n) is 3.33. The molecule has 0 unspecified atom stereocenters. The zero-order chi connectivity index (χ0) is 10.8. The lowest BCUT2D eigenvalue weighted by atomic mass is 10.1. The van der Waals surface area contributed by atoms with Crippen LogP contribution in [0.15, 0.2) is 30.3 Å². The summed E-state index contributed by atoms with van der Waals surface area (Å²) in [5, 5.41) is 18.6. The van der Waals surface area contributed by atoms with E-state index in [9.17, 15) is 5.11 Å². The molecule has 0 saturated heterocycles. The number of rotatable bonds is 1. The van der Waals surface area contributed by atoms with Gasteiger partial charge in [-0.25, -0.2) is 0 Å². The fourth-order valence-corrected chi connectivity index (χ4v) is 1.56. The van der Waals surface area contributed by atoms with E-state index in [1.54, 1.807) is 6.92 Å². The first kappa shape index (κ1) is 9.35. The number of nitrogens with zero attached hydrogens (tertiary/aromatic N) is 1. The molecule has 1 aromatic carbocycles. The molecule has 2 N–H and O–H groups in total. The summed E-state index contributed by atoms with van der Waals surface area (Å²) < 4.78 is 0. The normalized spacial score (nSPS) is 9.87. The molecule has 3 nitrogen and oxygen atoms in total. The third-order valence-electron chi connectivity index (χ3n) is 2.34. The molecule has 0 saturated carbocycles. The molecule has 0 amide bonds. The number of hydrogen-bond acceptors (Lipinski definition) is 2. The molecule has 0 aliphatic carbocycles. The van der Waals surface area contributed by atoms with Crippen LogP contribution in [-0.4, -0.2) is 10.1 Å². The molecular formula is C12H10N2O. The van der Waals surface area contributed by atoms with Gasteiger partial charge in [-0.2, -0.15) is 5.26 Å². The van der Waals surface area contributed by atoms with Gasteiger partial charge in [-0.05, 0) is 6.92 Å². The lowest BCUT2D eigenvalue weighted by Gasteiger charge is -1.97. The van der Waals surface area contributed by atoms with E-state index in [4.69, 9.17) is 5.26 Å². The van der Waals surface area contributed by atoms with Crippen molar-refractivity contribution >= 4 is 0 Å². The van der Waals surface area contributed by atoms with Crippen LogP contribution in [0.5, 0.6) is 5.75 Å². The quantitative estimate of drug-likeness (QED) is 0.739. The third kappa shape index (κ3) is 1.46. The summed E-state index contributed by atoms with van der Waals surface area (Å²) in [5.74, 6) is 0.0289. The number of H-pyrrole nitrogens is 1. The van der Waals surface area contributed by atoms with Gasteiger partial charge in [0, 0.05) is 11.3 Å². The molecule has 1 heterocycles. The number of aromatic amines is 1. The summed E-state index contributed by atoms with van der Waals surface area (Å²) in [4.78, 5) is 3.01. The molecule has 0 bridgehead atoms. The highest BCUT2D eigenvalue weighted by Crippen LogP contribution is 2.32. The highest BCUT2D eigenvalue weighted by Gasteiger charge is 2.14. The Morgan fingerprint density at radius 3 is 2.47 bits per heavy atom. The second-order valence-corrected chi connectivity index (χ2v) is 3.33. The molecule has 0 atom stereocenters. The van der Waals surface area contributed by atoms with E-state index in [1.165, 1.54) is 0 Å². The summed E-state index contributed by atoms with van der Waals surface area (Å²) in [5.41, 5.74) is 2.48. The predicted molar refractivity (Wildman–Crippen MR) is 57.3 cm³/mol. The number of aromatic hydroxyl groups is 1. The topological polar surface area (TPSA) is 59.8 Å². The van der Waals surface area contributed by atoms with Crippen molar-refractivity contribution in [2.24, 2.45) is 0 Å². The van der Waals surface area contributed by atoms with Gasteiger partial charge in [-0.3, -0.25) is 0 Å². The van der Waals surface area contributed by atoms with Crippen LogP contribution < -0.4 is 0 Å². The number of nitrogens with one attached hydrogen (secondary N) is 1. The molecule has 0 spiro atoms. The van der Waals surface area contributed by atoms with Crippen molar-refractivity contribution in [3.63, 3.8) is 0 Å². The first-order valence-electron chi connectivity index (χ1n) is 4.61. The van der Waals surface area contributed by atoms with Crippen molar-refractivity contribution in [3.8, 4) is 23.1 Å². The monoisotopic (exact) mass is 198 g/mol. The molecule has 0 aliphatic rings. The Kier molecular flexibility index (Phi) is 2.18. The van der Waals surface area contributed by atoms with Crippen molar-refractivity contribution in [2.45, 2.75) is 6.92 Å². The molecule has 0 radical (unpaired) electrons. The number of hydrogen-bond donors (Lipinski definition) is 2. The van der Waals surface area contributed by atoms with Gasteiger partial charge in [0.15, 0.2) is 5.75 Å². The average molecular weight is 198 g/mol. The van der Waals surface area contributed by atoms with Gasteiger partial charge in [0.25, 0.3) is 0 Å². The van der Waals surface area contributed by atoms with Crippen molar-refractivity contribution in [2.75, 3.05) is 0 Å². The van der Waals surface area contributed by atoms with Crippen LogP contribution >= 0.6 is 0 Å². The smallest absolute Gasteiger partial charge is 0.159 e. The van der Waals surface area contributed by atoms with Crippen LogP contribution in [0.3, 0.4) is 0 Å². The van der Waals surface area contributed by atoms with Gasteiger partial charge in [0.2, 0.25) is 0 Å². The molecule has 15 heavy (non-hydrogen) atoms. The fourth-order valence-electron chi connectivity index (χ4n) is 1.56. The SMILES string of the molecule is Cc1[nH]c(-c2ccccc2)c(O)c1C#N. The fraction of sp³-hybridized carbons (Fsp3) is 0.0833. The molecular weight excluding hydrogens is 188 g/mol. The van der Waals surface area contributed by atoms with E-state index in [2.05, 4.69) is 4.98 Å². The van der Waals surface area contributed by atoms with Crippen LogP contribution in [0.2, 0.25) is 0 Å². The maximum absolute atomic E-state index is 9.81. The Balaban J connectivity index is 2.62. The first-order valence-corrected chi connectivity index (χ1v) is 4.61. The molecule has 74 valence electrons. The highest BCUT2D eigenvalue weighted by atomic mass is 16.3. The van der Waals surface area contributed by atoms with Gasteiger partial charge >= 0.3 is 0 Å². The van der Waals surface area contributed by atoms with Crippen LogP contribution in [0.4, 0.5) is 0 Å². The first-order chi connectivity index (χ1) is 7.24. The van der Waals surface area contributed by atoms with Crippen LogP contribution in [-0.2, 0) is 0 Å². The Morgan fingerprint density at radius 1 is 1.27 bits per heavy atom. The van der Waals surface area contributed by atoms with Gasteiger partial charge in [-0.15, -0.1) is 0 Å². The zero-order valence-electron chi connectivity index (χ0n) is 8.28. The minimum absolute atomic E-state index is 0.0289. The summed E-state index contributed by atoms with van der Waals surface area (Å²) >= 11 is 0. The van der Waals surface area contributed by atoms with E-state index in [1.807, 2.05) is 36.4 Å². The van der Waals surface area contributed by atoms with Crippen LogP contribution in [0, 0.1) is 18.3 Å². The van der Waals surface area contributed by atoms with Gasteiger partial charge < -0.3 is 10.1 Å². The maximum atomic E-state index is 9.81. The van der Waals surface area contributed by atoms with Crippen molar-refractivity contribution < 1.29 is 5.11 Å². The summed E-state index contributed by atoms with van der Waals surface area (Å²) in [6.07, 6.45) is 0. The summed E-state index contributed by atoms with van der Waals surface area (Å²) in [6, 6.07) is 11.4. The number of aromatic nitrogens is 1. The van der Waals surface area contributed by atoms with Crippen LogP contribution in [0.25, 0.3) is 11.3 Å². The van der Waals surface area contributed by atoms with E-state index in [-0.39, 0.29) is 5.75 Å². The van der Waals surface area contributed by atoms with E-state index < -0.39 is 0 Å². The lowest BCUT2D eigenvalue weighted by molar-refractivity contribution is 0.476. The van der Waals surface area contributed by atoms with E-state index >= 15 is 0 Å². The second kappa shape index (κ2) is 3.50. The Labute approximate surface area is 87.6 Å². The minimum Gasteiger partial charge on any atom is -0.504 e. The Bertz CT molecular complexity index is 521. The number of aryl methyl sites for hydroxylation is 1. The van der Waals surface area contributed by atoms with Gasteiger partial charge in [0.1, 0.15) is 11.6 Å². The summed E-state index contributed by atoms with van der Waals surface area (Å²) in [6.45, 7) is 1.77. The van der Waals surface area contributed by atoms with Crippen LogP contribution in [0.1, 0.15) is 11.3 Å². The van der Waals surface area contributed by atoms with Crippen molar-refractivity contribution in [1.29, 1.82) is 5.26 Å². The third-order valence-corrected chi connectivity index (χ3v) is 2.34. The summed E-state index contributed by atoms with van der Waals surface area (Å²) in [7, 11) is 0. The number of benzene rings is 1. The van der Waals surface area contributed by atoms with Gasteiger partial charge in [-0.1, -0.05) is 30.3 Å². The largest absolute Gasteiger partial charge is 0.504 e. The molecule has 0 fully saturated rings. The Morgan fingerprint density at radius 2 is 1.93 bits per heavy atom. The van der Waals surface area contributed by atoms with E-state index in [0.29, 0.717) is 17.0 Å². The number of nitriles is 1. The average Bonchev–Trinajstić information content (AvgIpc) is 2.55.